The molecule has 0 radical (unpaired) electrons. The molecule has 2 fully saturated rings. The summed E-state index contributed by atoms with van der Waals surface area (Å²) in [7, 11) is 3.81. The van der Waals surface area contributed by atoms with Gasteiger partial charge in [0.1, 0.15) is 18.7 Å². The molecule has 9 nitrogen and oxygen atoms in total. The van der Waals surface area contributed by atoms with Crippen LogP contribution < -0.4 is 15.4 Å². The van der Waals surface area contributed by atoms with Crippen LogP contribution in [0.1, 0.15) is 24.5 Å². The maximum Gasteiger partial charge on any atom is 0.255 e. The molecular weight excluding hydrogens is 420 g/mol. The zero-order valence-corrected chi connectivity index (χ0v) is 18.9. The second kappa shape index (κ2) is 9.29. The van der Waals surface area contributed by atoms with Crippen molar-refractivity contribution in [3.63, 3.8) is 0 Å². The summed E-state index contributed by atoms with van der Waals surface area (Å²) in [6, 6.07) is 11.7. The Labute approximate surface area is 192 Å². The van der Waals surface area contributed by atoms with Crippen LogP contribution in [0, 0.1) is 0 Å². The van der Waals surface area contributed by atoms with Gasteiger partial charge >= 0.3 is 0 Å². The zero-order valence-electron chi connectivity index (χ0n) is 18.9. The Bertz CT molecular complexity index is 1150. The van der Waals surface area contributed by atoms with Crippen LogP contribution >= 0.6 is 0 Å². The summed E-state index contributed by atoms with van der Waals surface area (Å²) in [6.45, 7) is 2.64. The Morgan fingerprint density at radius 1 is 1.09 bits per heavy atom. The highest BCUT2D eigenvalue weighted by Gasteiger charge is 2.26. The molecule has 2 saturated heterocycles. The summed E-state index contributed by atoms with van der Waals surface area (Å²) in [6.07, 6.45) is 5.30. The minimum atomic E-state index is -0.127. The van der Waals surface area contributed by atoms with Crippen molar-refractivity contribution in [3.05, 3.63) is 64.8 Å². The summed E-state index contributed by atoms with van der Waals surface area (Å²) in [5.74, 6) is 0.610. The van der Waals surface area contributed by atoms with E-state index in [0.717, 1.165) is 30.7 Å². The molecule has 5 rings (SSSR count). The number of anilines is 2. The number of hydrogen-bond acceptors (Lipinski definition) is 8. The van der Waals surface area contributed by atoms with Crippen molar-refractivity contribution in [3.8, 4) is 11.4 Å². The van der Waals surface area contributed by atoms with Crippen LogP contribution in [0.5, 0.6) is 0 Å². The van der Waals surface area contributed by atoms with Gasteiger partial charge < -0.3 is 19.3 Å². The standard InChI is InChI=1S/C24H28N6O3/c1-28(23-4-3-12-33-23)18-7-5-17(6-8-18)21-15-30(11-13-32-21)24-27-20(14-22(31)29(24)2)19-9-10-25-16-26-19/h5-10,14,16,21,23H,3-4,11-13,15H2,1-2H3/t21-,23?/m1/s1. The van der Waals surface area contributed by atoms with Gasteiger partial charge in [-0.25, -0.2) is 15.0 Å². The molecule has 9 heteroatoms. The van der Waals surface area contributed by atoms with Crippen LogP contribution in [-0.4, -0.2) is 59.1 Å². The third-order valence-corrected chi connectivity index (χ3v) is 6.31. The van der Waals surface area contributed by atoms with Gasteiger partial charge in [-0.3, -0.25) is 9.36 Å². The van der Waals surface area contributed by atoms with Gasteiger partial charge in [-0.15, -0.1) is 0 Å². The van der Waals surface area contributed by atoms with Gasteiger partial charge in [0.15, 0.2) is 0 Å². The van der Waals surface area contributed by atoms with Gasteiger partial charge in [0.2, 0.25) is 5.95 Å². The Hall–Kier alpha value is -3.30. The molecule has 2 aliphatic heterocycles. The van der Waals surface area contributed by atoms with E-state index in [4.69, 9.17) is 14.5 Å². The molecule has 1 aromatic carbocycles. The predicted octanol–water partition coefficient (Wildman–Crippen LogP) is 2.39. The first kappa shape index (κ1) is 21.5. The van der Waals surface area contributed by atoms with Gasteiger partial charge in [-0.05, 0) is 36.6 Å². The summed E-state index contributed by atoms with van der Waals surface area (Å²) in [5, 5.41) is 0. The van der Waals surface area contributed by atoms with E-state index >= 15 is 0 Å². The van der Waals surface area contributed by atoms with Gasteiger partial charge in [-0.2, -0.15) is 0 Å². The van der Waals surface area contributed by atoms with E-state index in [-0.39, 0.29) is 17.9 Å². The van der Waals surface area contributed by atoms with Crippen molar-refractivity contribution >= 4 is 11.6 Å². The number of ether oxygens (including phenoxy) is 2. The van der Waals surface area contributed by atoms with E-state index in [1.54, 1.807) is 23.9 Å². The summed E-state index contributed by atoms with van der Waals surface area (Å²) in [4.78, 5) is 29.9. The number of nitrogens with zero attached hydrogens (tertiary/aromatic N) is 6. The quantitative estimate of drug-likeness (QED) is 0.588. The lowest BCUT2D eigenvalue weighted by Crippen LogP contribution is -2.41. The van der Waals surface area contributed by atoms with Gasteiger partial charge in [0, 0.05) is 45.2 Å². The predicted molar refractivity (Wildman–Crippen MR) is 125 cm³/mol. The highest BCUT2D eigenvalue weighted by Crippen LogP contribution is 2.28. The summed E-state index contributed by atoms with van der Waals surface area (Å²) >= 11 is 0. The van der Waals surface area contributed by atoms with Crippen molar-refractivity contribution in [2.45, 2.75) is 25.2 Å². The van der Waals surface area contributed by atoms with Crippen LogP contribution in [0.3, 0.4) is 0 Å². The lowest BCUT2D eigenvalue weighted by molar-refractivity contribution is 0.0390. The number of rotatable bonds is 5. The van der Waals surface area contributed by atoms with Crippen LogP contribution in [0.2, 0.25) is 0 Å². The molecule has 33 heavy (non-hydrogen) atoms. The maximum absolute atomic E-state index is 12.6. The van der Waals surface area contributed by atoms with E-state index < -0.39 is 0 Å². The molecule has 4 heterocycles. The highest BCUT2D eigenvalue weighted by atomic mass is 16.5. The second-order valence-electron chi connectivity index (χ2n) is 8.41. The smallest absolute Gasteiger partial charge is 0.255 e. The third kappa shape index (κ3) is 4.46. The van der Waals surface area contributed by atoms with Crippen molar-refractivity contribution in [1.29, 1.82) is 0 Å². The molecule has 0 N–H and O–H groups in total. The van der Waals surface area contributed by atoms with Crippen molar-refractivity contribution in [1.82, 2.24) is 19.5 Å². The number of benzene rings is 1. The van der Waals surface area contributed by atoms with Gasteiger partial charge in [-0.1, -0.05) is 12.1 Å². The van der Waals surface area contributed by atoms with Crippen LogP contribution in [0.4, 0.5) is 11.6 Å². The molecule has 0 spiro atoms. The van der Waals surface area contributed by atoms with Crippen molar-refractivity contribution in [2.75, 3.05) is 43.2 Å². The lowest BCUT2D eigenvalue weighted by Gasteiger charge is -2.35. The van der Waals surface area contributed by atoms with Crippen molar-refractivity contribution < 1.29 is 9.47 Å². The van der Waals surface area contributed by atoms with Gasteiger partial charge in [0.25, 0.3) is 5.56 Å². The van der Waals surface area contributed by atoms with Gasteiger partial charge in [0.05, 0.1) is 24.5 Å². The molecule has 172 valence electrons. The summed E-state index contributed by atoms with van der Waals surface area (Å²) < 4.78 is 13.5. The zero-order chi connectivity index (χ0) is 22.8. The summed E-state index contributed by atoms with van der Waals surface area (Å²) in [5.41, 5.74) is 3.26. The van der Waals surface area contributed by atoms with E-state index in [0.29, 0.717) is 37.0 Å². The molecule has 0 amide bonds. The molecule has 1 unspecified atom stereocenters. The minimum Gasteiger partial charge on any atom is -0.370 e. The average molecular weight is 449 g/mol. The number of aromatic nitrogens is 4. The van der Waals surface area contributed by atoms with Crippen LogP contribution in [0.25, 0.3) is 11.4 Å². The Morgan fingerprint density at radius 3 is 2.67 bits per heavy atom. The number of morpholine rings is 1. The second-order valence-corrected chi connectivity index (χ2v) is 8.41. The van der Waals surface area contributed by atoms with Crippen molar-refractivity contribution in [2.24, 2.45) is 7.05 Å². The van der Waals surface area contributed by atoms with E-state index in [9.17, 15) is 4.79 Å². The fourth-order valence-corrected chi connectivity index (χ4v) is 4.37. The molecule has 0 bridgehead atoms. The first-order valence-corrected chi connectivity index (χ1v) is 11.3. The Balaban J connectivity index is 1.36. The molecule has 2 aromatic heterocycles. The third-order valence-electron chi connectivity index (χ3n) is 6.31. The number of hydrogen-bond donors (Lipinski definition) is 0. The van der Waals surface area contributed by atoms with E-state index in [2.05, 4.69) is 51.1 Å². The average Bonchev–Trinajstić information content (AvgIpc) is 3.41. The fourth-order valence-electron chi connectivity index (χ4n) is 4.37. The fraction of sp³-hybridized carbons (Fsp3) is 0.417. The maximum atomic E-state index is 12.6. The van der Waals surface area contributed by atoms with Crippen LogP contribution in [-0.2, 0) is 16.5 Å². The highest BCUT2D eigenvalue weighted by molar-refractivity contribution is 5.55. The SMILES string of the molecule is CN(c1ccc([C@H]2CN(c3nc(-c4ccncn4)cc(=O)n3C)CCO2)cc1)C1CCCO1. The molecular formula is C24H28N6O3. The Morgan fingerprint density at radius 2 is 1.94 bits per heavy atom. The molecule has 2 atom stereocenters. The molecule has 0 aliphatic carbocycles. The first-order chi connectivity index (χ1) is 16.1. The largest absolute Gasteiger partial charge is 0.370 e. The van der Waals surface area contributed by atoms with E-state index in [1.807, 2.05) is 0 Å². The topological polar surface area (TPSA) is 85.6 Å². The van der Waals surface area contributed by atoms with E-state index in [1.165, 1.54) is 12.4 Å². The normalized spacial score (nSPS) is 20.7. The first-order valence-electron chi connectivity index (χ1n) is 11.3. The van der Waals surface area contributed by atoms with Crippen LogP contribution in [0.15, 0.2) is 53.7 Å². The Kier molecular flexibility index (Phi) is 6.06. The lowest BCUT2D eigenvalue weighted by atomic mass is 10.1. The molecule has 0 saturated carbocycles. The molecule has 3 aromatic rings. The minimum absolute atomic E-state index is 0.111. The molecule has 2 aliphatic rings. The monoisotopic (exact) mass is 448 g/mol.